The van der Waals surface area contributed by atoms with Crippen LogP contribution < -0.4 is 10.1 Å². The molecule has 0 spiro atoms. The number of rotatable bonds is 14. The number of hydrogen-bond acceptors (Lipinski definition) is 5. The lowest BCUT2D eigenvalue weighted by Gasteiger charge is -2.09. The minimum atomic E-state index is 0.496. The Morgan fingerprint density at radius 1 is 0.821 bits per heavy atom. The second-order valence-corrected chi connectivity index (χ2v) is 5.97. The van der Waals surface area contributed by atoms with Gasteiger partial charge in [-0.05, 0) is 24.3 Å². The van der Waals surface area contributed by atoms with Crippen LogP contribution in [-0.2, 0) is 14.2 Å². The van der Waals surface area contributed by atoms with Crippen molar-refractivity contribution in [1.82, 2.24) is 5.32 Å². The van der Waals surface area contributed by atoms with E-state index in [9.17, 15) is 0 Å². The first-order valence-corrected chi connectivity index (χ1v) is 10.4. The second-order valence-electron chi connectivity index (χ2n) is 5.97. The van der Waals surface area contributed by atoms with Gasteiger partial charge in [0.2, 0.25) is 0 Å². The zero-order chi connectivity index (χ0) is 20.9. The Bertz CT molecular complexity index is 506. The van der Waals surface area contributed by atoms with Gasteiger partial charge >= 0.3 is 0 Å². The van der Waals surface area contributed by atoms with Crippen LogP contribution >= 0.6 is 0 Å². The smallest absolute Gasteiger partial charge is 0.119 e. The fourth-order valence-corrected chi connectivity index (χ4v) is 2.01. The number of nitrogens with one attached hydrogen (secondary N) is 1. The molecule has 0 unspecified atom stereocenters. The summed E-state index contributed by atoms with van der Waals surface area (Å²) in [6.07, 6.45) is 0.863. The average Bonchev–Trinajstić information content (AvgIpc) is 2.72. The predicted molar refractivity (Wildman–Crippen MR) is 116 cm³/mol. The SMILES string of the molecule is CC.CCC#Cc1ccc(OCCOCCOCCOCCNC(C)C)cc1. The molecule has 28 heavy (non-hydrogen) atoms. The summed E-state index contributed by atoms with van der Waals surface area (Å²) in [6.45, 7) is 15.2. The van der Waals surface area contributed by atoms with Crippen molar-refractivity contribution in [3.05, 3.63) is 29.8 Å². The van der Waals surface area contributed by atoms with E-state index in [-0.39, 0.29) is 0 Å². The maximum absolute atomic E-state index is 5.62. The molecule has 0 aromatic heterocycles. The minimum Gasteiger partial charge on any atom is -0.491 e. The van der Waals surface area contributed by atoms with Gasteiger partial charge in [0.05, 0.1) is 39.6 Å². The quantitative estimate of drug-likeness (QED) is 0.384. The Labute approximate surface area is 172 Å². The highest BCUT2D eigenvalue weighted by atomic mass is 16.6. The van der Waals surface area contributed by atoms with E-state index in [2.05, 4.69) is 31.0 Å². The Hall–Kier alpha value is -1.58. The van der Waals surface area contributed by atoms with E-state index >= 15 is 0 Å². The minimum absolute atomic E-state index is 0.496. The molecule has 0 aliphatic rings. The van der Waals surface area contributed by atoms with Crippen molar-refractivity contribution >= 4 is 0 Å². The molecule has 0 aliphatic carbocycles. The molecule has 0 amide bonds. The largest absolute Gasteiger partial charge is 0.491 e. The Morgan fingerprint density at radius 2 is 1.36 bits per heavy atom. The third kappa shape index (κ3) is 16.6. The zero-order valence-electron chi connectivity index (χ0n) is 18.4. The average molecular weight is 394 g/mol. The molecule has 0 aliphatic heterocycles. The van der Waals surface area contributed by atoms with E-state index in [1.165, 1.54) is 0 Å². The van der Waals surface area contributed by atoms with Crippen LogP contribution in [0.4, 0.5) is 0 Å². The van der Waals surface area contributed by atoms with Crippen LogP contribution in [0.2, 0.25) is 0 Å². The molecule has 0 saturated carbocycles. The highest BCUT2D eigenvalue weighted by Crippen LogP contribution is 2.11. The van der Waals surface area contributed by atoms with Crippen molar-refractivity contribution < 1.29 is 18.9 Å². The maximum atomic E-state index is 5.62. The van der Waals surface area contributed by atoms with E-state index in [4.69, 9.17) is 18.9 Å². The number of benzene rings is 1. The van der Waals surface area contributed by atoms with Crippen molar-refractivity contribution in [2.24, 2.45) is 0 Å². The fourth-order valence-electron chi connectivity index (χ4n) is 2.01. The summed E-state index contributed by atoms with van der Waals surface area (Å²) in [4.78, 5) is 0. The van der Waals surface area contributed by atoms with Gasteiger partial charge in [0.25, 0.3) is 0 Å². The van der Waals surface area contributed by atoms with Crippen LogP contribution in [0.15, 0.2) is 24.3 Å². The molecule has 1 N–H and O–H groups in total. The molecular formula is C23H39NO4. The molecule has 0 radical (unpaired) electrons. The molecule has 0 saturated heterocycles. The van der Waals surface area contributed by atoms with Crippen molar-refractivity contribution in [1.29, 1.82) is 0 Å². The molecule has 0 bridgehead atoms. The van der Waals surface area contributed by atoms with Gasteiger partial charge in [0.1, 0.15) is 12.4 Å². The zero-order valence-corrected chi connectivity index (χ0v) is 18.4. The molecule has 0 fully saturated rings. The summed E-state index contributed by atoms with van der Waals surface area (Å²) in [5.41, 5.74) is 1.01. The predicted octanol–water partition coefficient (Wildman–Crippen LogP) is 3.90. The molecule has 5 nitrogen and oxygen atoms in total. The molecular weight excluding hydrogens is 354 g/mol. The van der Waals surface area contributed by atoms with Gasteiger partial charge in [-0.15, -0.1) is 0 Å². The van der Waals surface area contributed by atoms with Crippen molar-refractivity contribution in [2.45, 2.75) is 47.1 Å². The molecule has 160 valence electrons. The lowest BCUT2D eigenvalue weighted by atomic mass is 10.2. The number of ether oxygens (including phenoxy) is 4. The lowest BCUT2D eigenvalue weighted by molar-refractivity contribution is 0.00971. The van der Waals surface area contributed by atoms with E-state index in [0.717, 1.165) is 24.3 Å². The van der Waals surface area contributed by atoms with Crippen LogP contribution in [-0.4, -0.2) is 58.8 Å². The van der Waals surface area contributed by atoms with Gasteiger partial charge in [-0.1, -0.05) is 46.5 Å². The molecule has 0 atom stereocenters. The normalized spacial score (nSPS) is 10.1. The van der Waals surface area contributed by atoms with Crippen molar-refractivity contribution in [3.63, 3.8) is 0 Å². The van der Waals surface area contributed by atoms with E-state index < -0.39 is 0 Å². The fraction of sp³-hybridized carbons (Fsp3) is 0.652. The summed E-state index contributed by atoms with van der Waals surface area (Å²) in [5, 5.41) is 3.30. The van der Waals surface area contributed by atoms with Crippen LogP contribution in [0, 0.1) is 11.8 Å². The van der Waals surface area contributed by atoms with E-state index in [1.807, 2.05) is 45.0 Å². The second kappa shape index (κ2) is 20.2. The molecule has 5 heteroatoms. The van der Waals surface area contributed by atoms with Gasteiger partial charge in [-0.2, -0.15) is 0 Å². The molecule has 1 rings (SSSR count). The summed E-state index contributed by atoms with van der Waals surface area (Å²) in [6, 6.07) is 8.29. The Balaban J connectivity index is 0.00000352. The van der Waals surface area contributed by atoms with E-state index in [1.54, 1.807) is 0 Å². The van der Waals surface area contributed by atoms with Gasteiger partial charge in [0, 0.05) is 24.6 Å². The van der Waals surface area contributed by atoms with Gasteiger partial charge < -0.3 is 24.3 Å². The van der Waals surface area contributed by atoms with Crippen LogP contribution in [0.1, 0.15) is 46.6 Å². The first kappa shape index (κ1) is 26.4. The van der Waals surface area contributed by atoms with Gasteiger partial charge in [-0.3, -0.25) is 0 Å². The topological polar surface area (TPSA) is 49.0 Å². The third-order valence-corrected chi connectivity index (χ3v) is 3.30. The first-order chi connectivity index (χ1) is 13.7. The first-order valence-electron chi connectivity index (χ1n) is 10.4. The highest BCUT2D eigenvalue weighted by molar-refractivity contribution is 5.38. The van der Waals surface area contributed by atoms with Crippen LogP contribution in [0.25, 0.3) is 0 Å². The molecule has 1 aromatic carbocycles. The van der Waals surface area contributed by atoms with Gasteiger partial charge in [-0.25, -0.2) is 0 Å². The van der Waals surface area contributed by atoms with E-state index in [0.29, 0.717) is 52.3 Å². The van der Waals surface area contributed by atoms with Gasteiger partial charge in [0.15, 0.2) is 0 Å². The van der Waals surface area contributed by atoms with Crippen molar-refractivity contribution in [3.8, 4) is 17.6 Å². The Kier molecular flexibility index (Phi) is 19.0. The van der Waals surface area contributed by atoms with Crippen molar-refractivity contribution in [2.75, 3.05) is 52.8 Å². The monoisotopic (exact) mass is 393 g/mol. The summed E-state index contributed by atoms with van der Waals surface area (Å²) < 4.78 is 22.0. The Morgan fingerprint density at radius 3 is 1.89 bits per heavy atom. The maximum Gasteiger partial charge on any atom is 0.119 e. The van der Waals surface area contributed by atoms with Crippen LogP contribution in [0.5, 0.6) is 5.75 Å². The molecule has 1 aromatic rings. The highest BCUT2D eigenvalue weighted by Gasteiger charge is 1.96. The standard InChI is InChI=1S/C21H33NO4.C2H6/c1-4-5-6-20-7-9-21(10-8-20)26-18-17-25-16-15-24-14-13-23-12-11-22-19(2)3;1-2/h7-10,19,22H,4,11-18H2,1-3H3;1-2H3. The summed E-state index contributed by atoms with van der Waals surface area (Å²) in [5.74, 6) is 6.96. The summed E-state index contributed by atoms with van der Waals surface area (Å²) in [7, 11) is 0. The third-order valence-electron chi connectivity index (χ3n) is 3.30. The molecule has 0 heterocycles. The summed E-state index contributed by atoms with van der Waals surface area (Å²) >= 11 is 0. The lowest BCUT2D eigenvalue weighted by Crippen LogP contribution is -2.27. The van der Waals surface area contributed by atoms with Crippen LogP contribution in [0.3, 0.4) is 0 Å². The number of hydrogen-bond donors (Lipinski definition) is 1.